The number of nitrogens with zero attached hydrogens (tertiary/aromatic N) is 4. The molecule has 0 radical (unpaired) electrons. The summed E-state index contributed by atoms with van der Waals surface area (Å²) in [5.74, 6) is -0.477. The molecule has 142 valence electrons. The van der Waals surface area contributed by atoms with Gasteiger partial charge in [-0.3, -0.25) is 19.6 Å². The zero-order chi connectivity index (χ0) is 20.1. The van der Waals surface area contributed by atoms with E-state index in [0.29, 0.717) is 16.6 Å². The average molecular weight is 444 g/mol. The molecule has 2 aromatic carbocycles. The molecule has 1 aromatic heterocycles. The van der Waals surface area contributed by atoms with Crippen molar-refractivity contribution < 1.29 is 14.8 Å². The van der Waals surface area contributed by atoms with Crippen LogP contribution in [0.5, 0.6) is 5.75 Å². The summed E-state index contributed by atoms with van der Waals surface area (Å²) in [6, 6.07) is 12.7. The number of hydrazone groups is 1. The van der Waals surface area contributed by atoms with E-state index in [-0.39, 0.29) is 17.1 Å². The first-order valence-electron chi connectivity index (χ1n) is 8.01. The van der Waals surface area contributed by atoms with E-state index in [1.54, 1.807) is 36.5 Å². The van der Waals surface area contributed by atoms with E-state index in [9.17, 15) is 20.0 Å². The Labute approximate surface area is 167 Å². The molecular weight excluding hydrogens is 430 g/mol. The number of amides is 1. The van der Waals surface area contributed by atoms with Crippen LogP contribution in [-0.4, -0.2) is 31.9 Å². The van der Waals surface area contributed by atoms with E-state index in [1.807, 2.05) is 0 Å². The van der Waals surface area contributed by atoms with Gasteiger partial charge in [0, 0.05) is 23.9 Å². The smallest absolute Gasteiger partial charge is 0.293 e. The van der Waals surface area contributed by atoms with E-state index in [1.165, 1.54) is 29.1 Å². The highest BCUT2D eigenvalue weighted by Crippen LogP contribution is 2.17. The zero-order valence-electron chi connectivity index (χ0n) is 14.3. The Bertz CT molecular complexity index is 1050. The zero-order valence-corrected chi connectivity index (χ0v) is 15.9. The van der Waals surface area contributed by atoms with Gasteiger partial charge >= 0.3 is 0 Å². The van der Waals surface area contributed by atoms with Crippen LogP contribution in [0.25, 0.3) is 0 Å². The molecule has 0 saturated carbocycles. The first-order chi connectivity index (χ1) is 13.4. The van der Waals surface area contributed by atoms with Crippen LogP contribution in [0.1, 0.15) is 21.6 Å². The number of aromatic hydroxyl groups is 1. The first-order valence-corrected chi connectivity index (χ1v) is 8.81. The topological polar surface area (TPSA) is 123 Å². The van der Waals surface area contributed by atoms with Crippen molar-refractivity contribution in [3.63, 3.8) is 0 Å². The largest absolute Gasteiger partial charge is 0.507 e. The predicted molar refractivity (Wildman–Crippen MR) is 105 cm³/mol. The number of hydrogen-bond acceptors (Lipinski definition) is 6. The molecular formula is C18H14BrN5O4. The van der Waals surface area contributed by atoms with Crippen molar-refractivity contribution in [1.29, 1.82) is 0 Å². The molecule has 0 aliphatic rings. The minimum Gasteiger partial charge on any atom is -0.507 e. The third-order valence-corrected chi connectivity index (χ3v) is 4.31. The van der Waals surface area contributed by atoms with Crippen molar-refractivity contribution in [2.45, 2.75) is 6.54 Å². The van der Waals surface area contributed by atoms with Crippen molar-refractivity contribution in [2.75, 3.05) is 0 Å². The highest BCUT2D eigenvalue weighted by atomic mass is 79.9. The first kappa shape index (κ1) is 19.2. The maximum Gasteiger partial charge on any atom is 0.293 e. The second-order valence-corrected chi connectivity index (χ2v) is 6.56. The Balaban J connectivity index is 1.66. The quantitative estimate of drug-likeness (QED) is 0.344. The number of carbonyl (C=O) groups excluding carboxylic acids is 1. The Kier molecular flexibility index (Phi) is 5.80. The molecule has 0 aliphatic heterocycles. The van der Waals surface area contributed by atoms with Crippen LogP contribution in [0.15, 0.2) is 64.3 Å². The van der Waals surface area contributed by atoms with Crippen molar-refractivity contribution in [3.8, 4) is 5.75 Å². The summed E-state index contributed by atoms with van der Waals surface area (Å²) in [5, 5.41) is 28.4. The molecule has 10 heteroatoms. The van der Waals surface area contributed by atoms with Crippen molar-refractivity contribution >= 4 is 33.7 Å². The summed E-state index contributed by atoms with van der Waals surface area (Å²) in [5.41, 5.74) is 3.75. The maximum absolute atomic E-state index is 12.3. The van der Waals surface area contributed by atoms with Gasteiger partial charge in [-0.2, -0.15) is 10.2 Å². The molecule has 1 amide bonds. The maximum atomic E-state index is 12.3. The number of rotatable bonds is 6. The summed E-state index contributed by atoms with van der Waals surface area (Å²) in [7, 11) is 0. The third kappa shape index (κ3) is 4.60. The minimum absolute atomic E-state index is 0.00720. The predicted octanol–water partition coefficient (Wildman–Crippen LogP) is 3.07. The molecule has 3 rings (SSSR count). The van der Waals surface area contributed by atoms with E-state index >= 15 is 0 Å². The van der Waals surface area contributed by atoms with Crippen LogP contribution >= 0.6 is 15.9 Å². The van der Waals surface area contributed by atoms with Gasteiger partial charge in [-0.1, -0.05) is 24.3 Å². The number of nitro benzene ring substituents is 1. The van der Waals surface area contributed by atoms with Crippen LogP contribution < -0.4 is 5.43 Å². The lowest BCUT2D eigenvalue weighted by Crippen LogP contribution is -2.19. The number of hydrogen-bond donors (Lipinski definition) is 2. The Morgan fingerprint density at radius 1 is 1.29 bits per heavy atom. The fourth-order valence-corrected chi connectivity index (χ4v) is 2.85. The molecule has 0 aliphatic carbocycles. The van der Waals surface area contributed by atoms with E-state index < -0.39 is 10.8 Å². The lowest BCUT2D eigenvalue weighted by atomic mass is 10.2. The molecule has 0 atom stereocenters. The molecule has 0 saturated heterocycles. The second kappa shape index (κ2) is 8.44. The SMILES string of the molecule is O=C(N/N=C\c1ccccc1O)c1nn(Cc2ccc([N+](=O)[O-])cc2)cc1Br. The van der Waals surface area contributed by atoms with Crippen LogP contribution in [0.2, 0.25) is 0 Å². The van der Waals surface area contributed by atoms with Gasteiger partial charge < -0.3 is 5.11 Å². The fourth-order valence-electron chi connectivity index (χ4n) is 2.35. The number of halogens is 1. The number of carbonyl (C=O) groups is 1. The highest BCUT2D eigenvalue weighted by molar-refractivity contribution is 9.10. The summed E-state index contributed by atoms with van der Waals surface area (Å²) < 4.78 is 2.01. The van der Waals surface area contributed by atoms with Gasteiger partial charge in [-0.25, -0.2) is 5.43 Å². The number of para-hydroxylation sites is 1. The van der Waals surface area contributed by atoms with E-state index in [2.05, 4.69) is 31.6 Å². The van der Waals surface area contributed by atoms with Gasteiger partial charge in [0.05, 0.1) is 22.2 Å². The summed E-state index contributed by atoms with van der Waals surface area (Å²) >= 11 is 3.28. The van der Waals surface area contributed by atoms with Gasteiger partial charge in [0.2, 0.25) is 0 Å². The lowest BCUT2D eigenvalue weighted by molar-refractivity contribution is -0.384. The number of non-ortho nitro benzene ring substituents is 1. The summed E-state index contributed by atoms with van der Waals surface area (Å²) in [6.45, 7) is 0.338. The summed E-state index contributed by atoms with van der Waals surface area (Å²) in [6.07, 6.45) is 2.96. The monoisotopic (exact) mass is 443 g/mol. The molecule has 0 unspecified atom stereocenters. The molecule has 0 spiro atoms. The van der Waals surface area contributed by atoms with E-state index in [0.717, 1.165) is 5.56 Å². The number of phenolic OH excluding ortho intramolecular Hbond substituents is 1. The normalized spacial score (nSPS) is 10.9. The van der Waals surface area contributed by atoms with Crippen LogP contribution in [0.4, 0.5) is 5.69 Å². The number of benzene rings is 2. The van der Waals surface area contributed by atoms with Crippen LogP contribution in [0.3, 0.4) is 0 Å². The number of aromatic nitrogens is 2. The average Bonchev–Trinajstić information content (AvgIpc) is 3.04. The van der Waals surface area contributed by atoms with Crippen molar-refractivity contribution in [3.05, 3.63) is 86.1 Å². The highest BCUT2D eigenvalue weighted by Gasteiger charge is 2.15. The minimum atomic E-state index is -0.527. The van der Waals surface area contributed by atoms with Crippen LogP contribution in [0, 0.1) is 10.1 Å². The molecule has 3 aromatic rings. The Hall–Kier alpha value is -3.53. The molecule has 0 fully saturated rings. The second-order valence-electron chi connectivity index (χ2n) is 5.70. The Morgan fingerprint density at radius 2 is 2.00 bits per heavy atom. The standard InChI is InChI=1S/C18H14BrN5O4/c19-15-11-23(10-12-5-7-14(8-6-12)24(27)28)22-17(15)18(26)21-20-9-13-3-1-2-4-16(13)25/h1-9,11,25H,10H2,(H,21,26)/b20-9-. The Morgan fingerprint density at radius 3 is 2.68 bits per heavy atom. The molecule has 9 nitrogen and oxygen atoms in total. The van der Waals surface area contributed by atoms with Gasteiger partial charge in [0.15, 0.2) is 5.69 Å². The van der Waals surface area contributed by atoms with Gasteiger partial charge in [0.25, 0.3) is 11.6 Å². The van der Waals surface area contributed by atoms with E-state index in [4.69, 9.17) is 0 Å². The lowest BCUT2D eigenvalue weighted by Gasteiger charge is -2.01. The number of nitro groups is 1. The van der Waals surface area contributed by atoms with Gasteiger partial charge in [0.1, 0.15) is 5.75 Å². The molecule has 28 heavy (non-hydrogen) atoms. The van der Waals surface area contributed by atoms with Gasteiger partial charge in [-0.05, 0) is 33.6 Å². The van der Waals surface area contributed by atoms with Crippen molar-refractivity contribution in [2.24, 2.45) is 5.10 Å². The number of phenols is 1. The fraction of sp³-hybridized carbons (Fsp3) is 0.0556. The molecule has 2 N–H and O–H groups in total. The van der Waals surface area contributed by atoms with Crippen LogP contribution in [-0.2, 0) is 6.54 Å². The molecule has 0 bridgehead atoms. The van der Waals surface area contributed by atoms with Crippen molar-refractivity contribution in [1.82, 2.24) is 15.2 Å². The molecule has 1 heterocycles. The number of nitrogens with one attached hydrogen (secondary N) is 1. The van der Waals surface area contributed by atoms with Gasteiger partial charge in [-0.15, -0.1) is 0 Å². The third-order valence-electron chi connectivity index (χ3n) is 3.73. The summed E-state index contributed by atoms with van der Waals surface area (Å²) in [4.78, 5) is 22.5.